The summed E-state index contributed by atoms with van der Waals surface area (Å²) in [4.78, 5) is 31.5. The van der Waals surface area contributed by atoms with Crippen LogP contribution in [0, 0.1) is 11.7 Å². The maximum atomic E-state index is 13.1. The summed E-state index contributed by atoms with van der Waals surface area (Å²) in [6.45, 7) is 1.89. The lowest BCUT2D eigenvalue weighted by molar-refractivity contribution is -0.121. The topological polar surface area (TPSA) is 122 Å². The smallest absolute Gasteiger partial charge is 0.232 e. The summed E-state index contributed by atoms with van der Waals surface area (Å²) in [5.41, 5.74) is 6.49. The maximum Gasteiger partial charge on any atom is 0.232 e. The Balaban J connectivity index is 1.39. The molecule has 30 heavy (non-hydrogen) atoms. The Kier molecular flexibility index (Phi) is 6.10. The number of anilines is 4. The minimum absolute atomic E-state index is 0.0246. The van der Waals surface area contributed by atoms with Crippen LogP contribution in [0.15, 0.2) is 35.8 Å². The number of amides is 1. The number of hydrogen-bond donors (Lipinski definition) is 3. The minimum atomic E-state index is -0.324. The van der Waals surface area contributed by atoms with Crippen molar-refractivity contribution in [2.75, 3.05) is 29.5 Å². The second-order valence-electron chi connectivity index (χ2n) is 6.97. The van der Waals surface area contributed by atoms with Crippen LogP contribution in [0.3, 0.4) is 0 Å². The Bertz CT molecular complexity index is 998. The van der Waals surface area contributed by atoms with Gasteiger partial charge in [-0.2, -0.15) is 15.0 Å². The number of nitrogens with two attached hydrogens (primary N) is 1. The summed E-state index contributed by atoms with van der Waals surface area (Å²) in [5, 5.41) is 8.31. The second-order valence-corrected chi connectivity index (χ2v) is 7.86. The van der Waals surface area contributed by atoms with E-state index in [1.54, 1.807) is 18.3 Å². The van der Waals surface area contributed by atoms with E-state index >= 15 is 0 Å². The Morgan fingerprint density at radius 3 is 2.87 bits per heavy atom. The molecular formula is C19H21FN8OS. The molecule has 4 rings (SSSR count). The molecule has 1 fully saturated rings. The van der Waals surface area contributed by atoms with E-state index in [4.69, 9.17) is 5.73 Å². The van der Waals surface area contributed by atoms with Crippen LogP contribution < -0.4 is 16.4 Å². The van der Waals surface area contributed by atoms with E-state index in [1.165, 1.54) is 23.5 Å². The number of nitrogen functional groups attached to an aromatic ring is 1. The van der Waals surface area contributed by atoms with Gasteiger partial charge in [-0.3, -0.25) is 9.69 Å². The number of halogens is 1. The number of likely N-dealkylation sites (tertiary alicyclic amines) is 1. The van der Waals surface area contributed by atoms with Crippen molar-refractivity contribution < 1.29 is 9.18 Å². The van der Waals surface area contributed by atoms with E-state index in [9.17, 15) is 9.18 Å². The first-order valence-corrected chi connectivity index (χ1v) is 10.4. The lowest BCUT2D eigenvalue weighted by Gasteiger charge is -2.31. The van der Waals surface area contributed by atoms with Crippen LogP contribution in [0.4, 0.5) is 27.1 Å². The average molecular weight is 428 g/mol. The van der Waals surface area contributed by atoms with Crippen LogP contribution in [-0.4, -0.2) is 43.8 Å². The fourth-order valence-electron chi connectivity index (χ4n) is 3.33. The van der Waals surface area contributed by atoms with E-state index in [2.05, 4.69) is 35.5 Å². The van der Waals surface area contributed by atoms with Crippen molar-refractivity contribution in [3.8, 4) is 0 Å². The van der Waals surface area contributed by atoms with Gasteiger partial charge in [0.05, 0.1) is 12.5 Å². The minimum Gasteiger partial charge on any atom is -0.368 e. The second kappa shape index (κ2) is 9.09. The van der Waals surface area contributed by atoms with Gasteiger partial charge in [0.15, 0.2) is 5.13 Å². The summed E-state index contributed by atoms with van der Waals surface area (Å²) >= 11 is 1.40. The Hall–Kier alpha value is -3.18. The molecule has 0 radical (unpaired) electrons. The molecule has 1 aliphatic rings. The summed E-state index contributed by atoms with van der Waals surface area (Å²) in [6.07, 6.45) is 3.39. The highest BCUT2D eigenvalue weighted by molar-refractivity contribution is 7.13. The van der Waals surface area contributed by atoms with Crippen LogP contribution in [0.5, 0.6) is 0 Å². The van der Waals surface area contributed by atoms with Crippen molar-refractivity contribution in [3.63, 3.8) is 0 Å². The van der Waals surface area contributed by atoms with Crippen molar-refractivity contribution in [3.05, 3.63) is 47.5 Å². The molecule has 11 heteroatoms. The summed E-state index contributed by atoms with van der Waals surface area (Å²) < 4.78 is 13.1. The molecule has 9 nitrogen and oxygen atoms in total. The monoisotopic (exact) mass is 428 g/mol. The number of thiazole rings is 1. The summed E-state index contributed by atoms with van der Waals surface area (Å²) in [6, 6.07) is 5.87. The van der Waals surface area contributed by atoms with E-state index < -0.39 is 0 Å². The highest BCUT2D eigenvalue weighted by atomic mass is 32.1. The number of carbonyl (C=O) groups is 1. The molecule has 1 atom stereocenters. The first-order chi connectivity index (χ1) is 14.5. The standard InChI is InChI=1S/C19H21FN8OS/c20-13-3-5-14(6-4-13)23-18-25-15(24-17(21)27-18)11-28-8-1-2-12(10-28)16(29)26-19-22-7-9-30-19/h3-7,9,12H,1-2,8,10-11H2,(H,22,26,29)(H3,21,23,24,25,27). The molecule has 0 aliphatic carbocycles. The Labute approximate surface area is 176 Å². The Morgan fingerprint density at radius 2 is 2.10 bits per heavy atom. The number of nitrogens with zero attached hydrogens (tertiary/aromatic N) is 5. The van der Waals surface area contributed by atoms with Crippen molar-refractivity contribution in [1.29, 1.82) is 0 Å². The first-order valence-electron chi connectivity index (χ1n) is 9.51. The van der Waals surface area contributed by atoms with Crippen LogP contribution in [0.2, 0.25) is 0 Å². The van der Waals surface area contributed by atoms with E-state index in [-0.39, 0.29) is 23.6 Å². The van der Waals surface area contributed by atoms with Crippen LogP contribution >= 0.6 is 11.3 Å². The van der Waals surface area contributed by atoms with Gasteiger partial charge in [-0.15, -0.1) is 11.3 Å². The highest BCUT2D eigenvalue weighted by Crippen LogP contribution is 2.21. The predicted molar refractivity (Wildman–Crippen MR) is 113 cm³/mol. The molecule has 1 amide bonds. The zero-order valence-electron chi connectivity index (χ0n) is 16.1. The fraction of sp³-hybridized carbons (Fsp3) is 0.316. The van der Waals surface area contributed by atoms with Gasteiger partial charge in [0.1, 0.15) is 11.6 Å². The van der Waals surface area contributed by atoms with Gasteiger partial charge in [0, 0.05) is 23.8 Å². The average Bonchev–Trinajstić information content (AvgIpc) is 3.22. The maximum absolute atomic E-state index is 13.1. The molecule has 156 valence electrons. The molecule has 1 saturated heterocycles. The molecule has 4 N–H and O–H groups in total. The number of nitrogens with one attached hydrogen (secondary N) is 2. The fourth-order valence-corrected chi connectivity index (χ4v) is 3.86. The van der Waals surface area contributed by atoms with E-state index in [0.29, 0.717) is 35.7 Å². The molecule has 1 aliphatic heterocycles. The molecule has 0 bridgehead atoms. The predicted octanol–water partition coefficient (Wildman–Crippen LogP) is 2.64. The largest absolute Gasteiger partial charge is 0.368 e. The van der Waals surface area contributed by atoms with E-state index in [0.717, 1.165) is 19.4 Å². The quantitative estimate of drug-likeness (QED) is 0.548. The van der Waals surface area contributed by atoms with Gasteiger partial charge >= 0.3 is 0 Å². The van der Waals surface area contributed by atoms with Crippen molar-refractivity contribution in [2.24, 2.45) is 5.92 Å². The number of rotatable bonds is 6. The molecular weight excluding hydrogens is 407 g/mol. The Morgan fingerprint density at radius 1 is 1.27 bits per heavy atom. The van der Waals surface area contributed by atoms with Crippen molar-refractivity contribution in [2.45, 2.75) is 19.4 Å². The number of piperidine rings is 1. The third-order valence-corrected chi connectivity index (χ3v) is 5.39. The molecule has 2 aromatic heterocycles. The van der Waals surface area contributed by atoms with Gasteiger partial charge in [0.2, 0.25) is 17.8 Å². The third-order valence-electron chi connectivity index (χ3n) is 4.70. The van der Waals surface area contributed by atoms with E-state index in [1.807, 2.05) is 5.38 Å². The van der Waals surface area contributed by atoms with Crippen molar-refractivity contribution in [1.82, 2.24) is 24.8 Å². The van der Waals surface area contributed by atoms with Crippen molar-refractivity contribution >= 4 is 40.0 Å². The number of carbonyl (C=O) groups excluding carboxylic acids is 1. The summed E-state index contributed by atoms with van der Waals surface area (Å²) in [5.74, 6) is 0.420. The van der Waals surface area contributed by atoms with Crippen LogP contribution in [-0.2, 0) is 11.3 Å². The molecule has 0 spiro atoms. The molecule has 1 unspecified atom stereocenters. The van der Waals surface area contributed by atoms with Gasteiger partial charge in [-0.05, 0) is 43.7 Å². The third kappa shape index (κ3) is 5.24. The SMILES string of the molecule is Nc1nc(CN2CCCC(C(=O)Nc3nccs3)C2)nc(Nc2ccc(F)cc2)n1. The number of benzene rings is 1. The highest BCUT2D eigenvalue weighted by Gasteiger charge is 2.27. The number of hydrogen-bond acceptors (Lipinski definition) is 9. The van der Waals surface area contributed by atoms with Crippen LogP contribution in [0.25, 0.3) is 0 Å². The van der Waals surface area contributed by atoms with Gasteiger partial charge in [0.25, 0.3) is 0 Å². The molecule has 1 aromatic carbocycles. The zero-order chi connectivity index (χ0) is 20.9. The van der Waals surface area contributed by atoms with Gasteiger partial charge in [-0.1, -0.05) is 0 Å². The number of aromatic nitrogens is 4. The molecule has 3 heterocycles. The lowest BCUT2D eigenvalue weighted by Crippen LogP contribution is -2.40. The first kappa shape index (κ1) is 20.1. The van der Waals surface area contributed by atoms with Gasteiger partial charge in [-0.25, -0.2) is 9.37 Å². The van der Waals surface area contributed by atoms with Gasteiger partial charge < -0.3 is 16.4 Å². The lowest BCUT2D eigenvalue weighted by atomic mass is 9.97. The molecule has 3 aromatic rings. The molecule has 0 saturated carbocycles. The zero-order valence-corrected chi connectivity index (χ0v) is 16.9. The van der Waals surface area contributed by atoms with Crippen LogP contribution in [0.1, 0.15) is 18.7 Å². The summed E-state index contributed by atoms with van der Waals surface area (Å²) in [7, 11) is 0. The normalized spacial score (nSPS) is 16.9.